The van der Waals surface area contributed by atoms with Crippen LogP contribution in [0.5, 0.6) is 0 Å². The van der Waals surface area contributed by atoms with E-state index in [9.17, 15) is 0 Å². The minimum Gasteiger partial charge on any atom is -0.309 e. The first-order valence-corrected chi connectivity index (χ1v) is 48.0. The maximum atomic E-state index is 5.30. The number of rotatable bonds is 9. The Morgan fingerprint density at radius 2 is 0.383 bits per heavy atom. The molecule has 0 atom stereocenters. The van der Waals surface area contributed by atoms with E-state index in [2.05, 4.69) is 493 Å². The van der Waals surface area contributed by atoms with Gasteiger partial charge in [0.1, 0.15) is 0 Å². The van der Waals surface area contributed by atoms with Crippen LogP contribution in [-0.4, -0.2) is 43.6 Å². The molecule has 9 nitrogen and oxygen atoms in total. The third kappa shape index (κ3) is 13.4. The molecule has 654 valence electrons. The lowest BCUT2D eigenvalue weighted by atomic mass is 9.99. The van der Waals surface area contributed by atoms with Crippen LogP contribution in [0.1, 0.15) is 0 Å². The Hall–Kier alpha value is -19.0. The summed E-state index contributed by atoms with van der Waals surface area (Å²) in [5.74, 6) is 2.15. The summed E-state index contributed by atoms with van der Waals surface area (Å²) in [6.45, 7) is 0. The van der Waals surface area contributed by atoms with Crippen molar-refractivity contribution in [2.75, 3.05) is 0 Å². The molecule has 9 heteroatoms. The topological polar surface area (TPSA) is 92.1 Å². The molecule has 0 aliphatic carbocycles. The molecular weight excluding hydrogens is 1710 g/mol. The number of aromatic nitrogens is 9. The van der Waals surface area contributed by atoms with Crippen molar-refractivity contribution in [2.24, 2.45) is 0 Å². The van der Waals surface area contributed by atoms with Crippen LogP contribution in [0.4, 0.5) is 0 Å². The Kier molecular flexibility index (Phi) is 18.8. The highest BCUT2D eigenvalue weighted by molar-refractivity contribution is 6.32. The number of para-hydroxylation sites is 3. The summed E-state index contributed by atoms with van der Waals surface area (Å²) >= 11 is 0. The van der Waals surface area contributed by atoms with Crippen molar-refractivity contribution in [2.45, 2.75) is 0 Å². The maximum Gasteiger partial charge on any atom is 0.160 e. The molecule has 30 rings (SSSR count). The molecule has 0 N–H and O–H groups in total. The Balaban J connectivity index is 0.000000104. The lowest BCUT2D eigenvalue weighted by Crippen LogP contribution is -1.98. The summed E-state index contributed by atoms with van der Waals surface area (Å²) in [5, 5.41) is 33.1. The van der Waals surface area contributed by atoms with Crippen LogP contribution in [-0.2, 0) is 0 Å². The van der Waals surface area contributed by atoms with Gasteiger partial charge in [-0.2, -0.15) is 0 Å². The second kappa shape index (κ2) is 33.0. The summed E-state index contributed by atoms with van der Waals surface area (Å²) in [4.78, 5) is 30.9. The molecule has 0 bridgehead atoms. The molecule has 6 aromatic heterocycles. The molecule has 141 heavy (non-hydrogen) atoms. The molecule has 24 aromatic carbocycles. The van der Waals surface area contributed by atoms with Gasteiger partial charge >= 0.3 is 0 Å². The second-order valence-corrected chi connectivity index (χ2v) is 36.6. The van der Waals surface area contributed by atoms with Crippen molar-refractivity contribution >= 4 is 195 Å². The molecule has 0 saturated carbocycles. The summed E-state index contributed by atoms with van der Waals surface area (Å²) in [5.41, 5.74) is 22.4. The average Bonchev–Trinajstić information content (AvgIpc) is 1.58. The van der Waals surface area contributed by atoms with Gasteiger partial charge in [0.05, 0.1) is 66.7 Å². The van der Waals surface area contributed by atoms with E-state index in [1.165, 1.54) is 162 Å². The fourth-order valence-electron chi connectivity index (χ4n) is 22.2. The Morgan fingerprint density at radius 1 is 0.135 bits per heavy atom. The largest absolute Gasteiger partial charge is 0.309 e. The predicted octanol–water partition coefficient (Wildman–Crippen LogP) is 34.6. The highest BCUT2D eigenvalue weighted by atomic mass is 15.0. The zero-order chi connectivity index (χ0) is 92.7. The van der Waals surface area contributed by atoms with Gasteiger partial charge in [-0.3, -0.25) is 0 Å². The highest BCUT2D eigenvalue weighted by Crippen LogP contribution is 2.48. The smallest absolute Gasteiger partial charge is 0.160 e. The first kappa shape index (κ1) is 80.5. The number of hydrogen-bond acceptors (Lipinski definition) is 6. The molecule has 0 radical (unpaired) electrons. The van der Waals surface area contributed by atoms with Crippen LogP contribution in [0.15, 0.2) is 491 Å². The van der Waals surface area contributed by atoms with Gasteiger partial charge in [-0.1, -0.05) is 370 Å². The summed E-state index contributed by atoms with van der Waals surface area (Å²) in [6.07, 6.45) is 0. The predicted molar refractivity (Wildman–Crippen MR) is 592 cm³/mol. The zero-order valence-electron chi connectivity index (χ0n) is 76.3. The molecule has 0 aliphatic rings. The lowest BCUT2D eigenvalue weighted by molar-refractivity contribution is 1.17. The molecule has 0 spiro atoms. The standard InChI is InChI=1S/3C44H27N3/c1-4-17-33-28(11-1)14-10-21-36(33)43-37-20-7-8-22-38(37)45-44(46-43)31-15-9-16-32(27-31)47-39-25-23-29-12-2-5-18-34(29)41(39)42-35-19-6-3-13-30(35)24-26-40(42)47;1-4-14-33-28(10-1)13-9-18-36(33)43-37-17-7-8-19-38(37)45-44(46-43)31-20-24-32(25-21-31)47-39-26-22-29-11-2-5-15-34(29)41(39)42-35-16-6-3-12-30(35)23-27-40(42)47;1-2-12-32-27-33(18-17-28(32)9-1)43-37-15-7-8-16-38(37)45-44(46-43)31-19-23-34(24-20-31)47-39-25-21-29-10-3-5-13-35(29)41(39)42-36-14-6-4-11-30(36)22-26-40(42)47/h3*1-27H. The van der Waals surface area contributed by atoms with Crippen LogP contribution in [0, 0.1) is 0 Å². The van der Waals surface area contributed by atoms with Gasteiger partial charge in [0.2, 0.25) is 0 Å². The molecule has 0 saturated heterocycles. The van der Waals surface area contributed by atoms with E-state index < -0.39 is 0 Å². The van der Waals surface area contributed by atoms with Gasteiger partial charge in [-0.25, -0.2) is 29.9 Å². The van der Waals surface area contributed by atoms with Gasteiger partial charge in [0.25, 0.3) is 0 Å². The Morgan fingerprint density at radius 3 is 0.738 bits per heavy atom. The van der Waals surface area contributed by atoms with Gasteiger partial charge in [-0.05, 0) is 218 Å². The van der Waals surface area contributed by atoms with E-state index in [1.54, 1.807) is 0 Å². The van der Waals surface area contributed by atoms with Crippen LogP contribution >= 0.6 is 0 Å². The van der Waals surface area contributed by atoms with Gasteiger partial charge in [0, 0.05) is 98.9 Å². The first-order chi connectivity index (χ1) is 69.9. The number of fused-ring (bicyclic) bond motifs is 27. The summed E-state index contributed by atoms with van der Waals surface area (Å²) < 4.78 is 7.20. The normalized spacial score (nSPS) is 11.8. The van der Waals surface area contributed by atoms with Gasteiger partial charge in [-0.15, -0.1) is 0 Å². The van der Waals surface area contributed by atoms with E-state index in [1.807, 2.05) is 12.1 Å². The van der Waals surface area contributed by atoms with E-state index >= 15 is 0 Å². The molecular formula is C132H81N9. The molecule has 0 fully saturated rings. The average molecular weight is 1790 g/mol. The minimum atomic E-state index is 0.713. The van der Waals surface area contributed by atoms with Crippen molar-refractivity contribution in [3.63, 3.8) is 0 Å². The molecule has 30 aromatic rings. The van der Waals surface area contributed by atoms with E-state index in [0.29, 0.717) is 5.82 Å². The van der Waals surface area contributed by atoms with Crippen molar-refractivity contribution in [1.29, 1.82) is 0 Å². The Bertz CT molecular complexity index is 10100. The van der Waals surface area contributed by atoms with Gasteiger partial charge < -0.3 is 13.7 Å². The second-order valence-electron chi connectivity index (χ2n) is 36.6. The van der Waals surface area contributed by atoms with E-state index in [4.69, 9.17) is 29.9 Å². The molecule has 0 unspecified atom stereocenters. The Labute approximate surface area is 809 Å². The van der Waals surface area contributed by atoms with Crippen LogP contribution in [0.2, 0.25) is 0 Å². The highest BCUT2D eigenvalue weighted by Gasteiger charge is 2.25. The lowest BCUT2D eigenvalue weighted by Gasteiger charge is -2.13. The fourth-order valence-corrected chi connectivity index (χ4v) is 22.2. The third-order valence-electron chi connectivity index (χ3n) is 28.7. The van der Waals surface area contributed by atoms with Crippen molar-refractivity contribution in [3.05, 3.63) is 491 Å². The monoisotopic (exact) mass is 1790 g/mol. The maximum absolute atomic E-state index is 5.30. The van der Waals surface area contributed by atoms with Gasteiger partial charge in [0.15, 0.2) is 17.5 Å². The fraction of sp³-hybridized carbons (Fsp3) is 0. The van der Waals surface area contributed by atoms with Crippen molar-refractivity contribution in [1.82, 2.24) is 43.6 Å². The number of nitrogens with zero attached hydrogens (tertiary/aromatic N) is 9. The van der Waals surface area contributed by atoms with Crippen LogP contribution < -0.4 is 0 Å². The van der Waals surface area contributed by atoms with Crippen LogP contribution in [0.25, 0.3) is 280 Å². The number of hydrogen-bond donors (Lipinski definition) is 0. The van der Waals surface area contributed by atoms with Crippen molar-refractivity contribution in [3.8, 4) is 85.0 Å². The first-order valence-electron chi connectivity index (χ1n) is 48.0. The van der Waals surface area contributed by atoms with E-state index in [-0.39, 0.29) is 0 Å². The SMILES string of the molecule is c1cc(-c2nc(-c3cccc4ccccc34)c3ccccc3n2)cc(-n2c3ccc4ccccc4c3c3c4ccccc4ccc32)c1.c1ccc2c(-c3nc(-c4ccc(-n5c6ccc7ccccc7c6c6c7ccccc7ccc65)cc4)nc4ccccc34)cccc2c1.c1ccc2cc(-c3nc(-c4ccc(-n5c6ccc7ccccc7c6c6c7ccccc7ccc65)cc4)nc4ccccc34)ccc2c1. The zero-order valence-corrected chi connectivity index (χ0v) is 76.3. The number of benzene rings is 24. The molecule has 0 amide bonds. The summed E-state index contributed by atoms with van der Waals surface area (Å²) in [7, 11) is 0. The molecule has 6 heterocycles. The van der Waals surface area contributed by atoms with E-state index in [0.717, 1.165) is 112 Å². The van der Waals surface area contributed by atoms with Crippen LogP contribution in [0.3, 0.4) is 0 Å². The quantitative estimate of drug-likeness (QED) is 0.143. The minimum absolute atomic E-state index is 0.713. The molecule has 0 aliphatic heterocycles. The summed E-state index contributed by atoms with van der Waals surface area (Å²) in [6, 6.07) is 175. The van der Waals surface area contributed by atoms with Crippen molar-refractivity contribution < 1.29 is 0 Å². The third-order valence-corrected chi connectivity index (χ3v) is 28.7.